The zero-order valence-corrected chi connectivity index (χ0v) is 6.03. The predicted molar refractivity (Wildman–Crippen MR) is 41.6 cm³/mol. The van der Waals surface area contributed by atoms with Crippen molar-refractivity contribution in [1.29, 1.82) is 0 Å². The molecule has 54 valence electrons. The molecule has 9 heavy (non-hydrogen) atoms. The van der Waals surface area contributed by atoms with E-state index in [-0.39, 0.29) is 7.98 Å². The van der Waals surface area contributed by atoms with Crippen LogP contribution in [0.4, 0.5) is 4.20 Å². The van der Waals surface area contributed by atoms with E-state index in [1.807, 2.05) is 11.7 Å². The maximum atomic E-state index is 13.1. The Labute approximate surface area is 57.6 Å². The molecule has 1 rings (SSSR count). The fraction of sp³-hybridized carbons (Fsp3) is 1.00. The molecule has 0 amide bonds. The summed E-state index contributed by atoms with van der Waals surface area (Å²) >= 11 is 0. The van der Waals surface area contributed by atoms with Crippen LogP contribution < -0.4 is 0 Å². The van der Waals surface area contributed by atoms with Crippen molar-refractivity contribution in [2.24, 2.45) is 0 Å². The van der Waals surface area contributed by atoms with Crippen molar-refractivity contribution in [3.63, 3.8) is 0 Å². The molecular formula is C4H13BFN2P. The number of quaternary nitrogens is 1. The number of hydrogen-bond donors (Lipinski definition) is 0. The molecule has 2 nitrogen and oxygen atoms in total. The molecule has 2 atom stereocenters. The average Bonchev–Trinajstić information content (AvgIpc) is 1.97. The van der Waals surface area contributed by atoms with Gasteiger partial charge in [-0.15, -0.1) is 4.20 Å². The monoisotopic (exact) mass is 150 g/mol. The lowest BCUT2D eigenvalue weighted by atomic mass is 10.3. The molecule has 1 fully saturated rings. The molecule has 0 N–H and O–H groups in total. The van der Waals surface area contributed by atoms with Crippen molar-refractivity contribution < 1.29 is 8.36 Å². The van der Waals surface area contributed by atoms with Crippen molar-refractivity contribution in [1.82, 2.24) is 4.67 Å². The third-order valence-electron chi connectivity index (χ3n) is 1.31. The van der Waals surface area contributed by atoms with Crippen molar-refractivity contribution in [2.75, 3.05) is 27.2 Å². The summed E-state index contributed by atoms with van der Waals surface area (Å²) in [4.78, 5) is 0. The second-order valence-electron chi connectivity index (χ2n) is 2.00. The largest absolute Gasteiger partial charge is 0.469 e. The highest BCUT2D eigenvalue weighted by Gasteiger charge is 2.35. The Morgan fingerprint density at radius 1 is 1.78 bits per heavy atom. The van der Waals surface area contributed by atoms with E-state index >= 15 is 0 Å². The van der Waals surface area contributed by atoms with E-state index in [1.54, 1.807) is 0 Å². The van der Waals surface area contributed by atoms with E-state index in [9.17, 15) is 4.20 Å². The number of halogens is 1. The van der Waals surface area contributed by atoms with Crippen LogP contribution in [-0.2, 0) is 0 Å². The number of nitrogens with zero attached hydrogens (tertiary/aromatic N) is 2. The van der Waals surface area contributed by atoms with Crippen LogP contribution in [0, 0.1) is 0 Å². The van der Waals surface area contributed by atoms with E-state index in [0.717, 1.165) is 17.3 Å². The van der Waals surface area contributed by atoms with Crippen LogP contribution in [0.15, 0.2) is 0 Å². The summed E-state index contributed by atoms with van der Waals surface area (Å²) in [6, 6.07) is 0. The summed E-state index contributed by atoms with van der Waals surface area (Å²) in [6.45, 7) is 2.01. The zero-order valence-electron chi connectivity index (χ0n) is 5.13. The van der Waals surface area contributed by atoms with Gasteiger partial charge in [0.2, 0.25) is 0 Å². The summed E-state index contributed by atoms with van der Waals surface area (Å²) in [7, 11) is 2.78. The molecule has 1 aliphatic rings. The van der Waals surface area contributed by atoms with E-state index < -0.39 is 8.53 Å². The maximum absolute atomic E-state index is 13.1. The summed E-state index contributed by atoms with van der Waals surface area (Å²) in [5, 5.41) is 0. The van der Waals surface area contributed by atoms with E-state index in [1.165, 1.54) is 0 Å². The van der Waals surface area contributed by atoms with Gasteiger partial charge in [-0.25, -0.2) is 4.67 Å². The Morgan fingerprint density at radius 3 is 2.44 bits per heavy atom. The van der Waals surface area contributed by atoms with Gasteiger partial charge in [-0.05, 0) is 7.05 Å². The number of rotatable bonds is 0. The van der Waals surface area contributed by atoms with Gasteiger partial charge in [0, 0.05) is 7.05 Å². The van der Waals surface area contributed by atoms with Crippen LogP contribution in [0.25, 0.3) is 0 Å². The molecule has 0 aromatic carbocycles. The fourth-order valence-corrected chi connectivity index (χ4v) is 1.75. The van der Waals surface area contributed by atoms with Crippen LogP contribution in [0.1, 0.15) is 0 Å². The minimum atomic E-state index is -1.29. The minimum Gasteiger partial charge on any atom is -0.469 e. The van der Waals surface area contributed by atoms with Gasteiger partial charge >= 0.3 is 8.53 Å². The van der Waals surface area contributed by atoms with Crippen LogP contribution in [0.5, 0.6) is 0 Å². The van der Waals surface area contributed by atoms with Gasteiger partial charge in [0.05, 0.1) is 13.1 Å². The quantitative estimate of drug-likeness (QED) is 0.343. The normalized spacial score (nSPS) is 46.0. The second kappa shape index (κ2) is 2.19. The molecule has 0 saturated carbocycles. The van der Waals surface area contributed by atoms with Gasteiger partial charge in [0.1, 0.15) is 0 Å². The molecule has 1 saturated heterocycles. The van der Waals surface area contributed by atoms with Crippen molar-refractivity contribution in [3.05, 3.63) is 0 Å². The third-order valence-corrected chi connectivity index (χ3v) is 2.84. The Kier molecular flexibility index (Phi) is 1.81. The Morgan fingerprint density at radius 2 is 2.33 bits per heavy atom. The van der Waals surface area contributed by atoms with Gasteiger partial charge < -0.3 is 4.16 Å². The number of hydrogen-bond acceptors (Lipinski definition) is 1. The molecule has 2 unspecified atom stereocenters. The maximum Gasteiger partial charge on any atom is 0.337 e. The van der Waals surface area contributed by atoms with Crippen LogP contribution in [-0.4, -0.2) is 44.0 Å². The predicted octanol–water partition coefficient (Wildman–Crippen LogP) is -0.145. The molecule has 0 bridgehead atoms. The summed E-state index contributed by atoms with van der Waals surface area (Å²) in [5.41, 5.74) is 0. The van der Waals surface area contributed by atoms with Crippen LogP contribution >= 0.6 is 8.53 Å². The first-order valence-corrected chi connectivity index (χ1v) is 3.73. The average molecular weight is 150 g/mol. The minimum absolute atomic E-state index is 0.129. The number of likely N-dealkylation sites (N-methyl/N-ethyl adjacent to an activating group) is 2. The van der Waals surface area contributed by atoms with Gasteiger partial charge in [0.25, 0.3) is 0 Å². The van der Waals surface area contributed by atoms with Gasteiger partial charge in [-0.3, -0.25) is 0 Å². The molecule has 0 aliphatic carbocycles. The van der Waals surface area contributed by atoms with Gasteiger partial charge in [-0.1, -0.05) is 0 Å². The van der Waals surface area contributed by atoms with Crippen LogP contribution in [0.3, 0.4) is 0 Å². The highest BCUT2D eigenvalue weighted by molar-refractivity contribution is 7.44. The summed E-state index contributed by atoms with van der Waals surface area (Å²) in [6.07, 6.45) is 0. The lowest BCUT2D eigenvalue weighted by molar-refractivity contribution is -0.654. The van der Waals surface area contributed by atoms with Crippen LogP contribution in [0.2, 0.25) is 0 Å². The lowest BCUT2D eigenvalue weighted by Crippen LogP contribution is -2.31. The van der Waals surface area contributed by atoms with E-state index in [2.05, 4.69) is 7.05 Å². The molecule has 1 aliphatic heterocycles. The van der Waals surface area contributed by atoms with Crippen molar-refractivity contribution in [3.8, 4) is 0 Å². The first-order valence-electron chi connectivity index (χ1n) is 2.60. The zero-order chi connectivity index (χ0) is 7.07. The smallest absolute Gasteiger partial charge is 0.337 e. The first-order chi connectivity index (χ1) is 4.04. The molecule has 0 aromatic heterocycles. The molecule has 0 radical (unpaired) electrons. The molecule has 0 spiro atoms. The second-order valence-corrected chi connectivity index (χ2v) is 3.85. The Balaban J connectivity index is 2.62. The van der Waals surface area contributed by atoms with Crippen molar-refractivity contribution >= 4 is 16.5 Å². The fourth-order valence-electron chi connectivity index (χ4n) is 0.715. The van der Waals surface area contributed by atoms with E-state index in [4.69, 9.17) is 0 Å². The SMILES string of the molecule is [BH3-][N+]1(C)CCN(C)P1F. The Bertz CT molecular complexity index is 121. The third kappa shape index (κ3) is 1.26. The summed E-state index contributed by atoms with van der Waals surface area (Å²) in [5.74, 6) is 0. The topological polar surface area (TPSA) is 3.24 Å². The van der Waals surface area contributed by atoms with Gasteiger partial charge in [-0.2, -0.15) is 0 Å². The Hall–Kier alpha value is 0.345. The van der Waals surface area contributed by atoms with Crippen molar-refractivity contribution in [2.45, 2.75) is 0 Å². The highest BCUT2D eigenvalue weighted by atomic mass is 31.2. The first kappa shape index (κ1) is 7.45. The summed E-state index contributed by atoms with van der Waals surface area (Å²) < 4.78 is 15.8. The lowest BCUT2D eigenvalue weighted by Gasteiger charge is -2.33. The molecule has 0 aromatic rings. The standard InChI is InChI=1S/C4H13BFN2P/c1-7-3-4-8(2,5)9(7)6/h3-4H2,1-2,5H3. The highest BCUT2D eigenvalue weighted by Crippen LogP contribution is 2.52. The van der Waals surface area contributed by atoms with Gasteiger partial charge in [0.15, 0.2) is 7.98 Å². The van der Waals surface area contributed by atoms with E-state index in [0.29, 0.717) is 0 Å². The molecular weight excluding hydrogens is 137 g/mol. The molecule has 1 heterocycles. The molecule has 5 heteroatoms.